The number of quaternary nitrogens is 1. The summed E-state index contributed by atoms with van der Waals surface area (Å²) in [5.74, 6) is 0.746. The van der Waals surface area contributed by atoms with Gasteiger partial charge in [0.2, 0.25) is 0 Å². The van der Waals surface area contributed by atoms with Crippen LogP contribution < -0.4 is 4.74 Å². The van der Waals surface area contributed by atoms with E-state index >= 15 is 0 Å². The molecule has 0 aromatic heterocycles. The molecule has 0 radical (unpaired) electrons. The zero-order valence-corrected chi connectivity index (χ0v) is 21.9. The number of aryl methyl sites for hydroxylation is 1. The molecule has 1 atom stereocenters. The Kier molecular flexibility index (Phi) is 12.8. The van der Waals surface area contributed by atoms with Crippen LogP contribution in [0.5, 0.6) is 5.75 Å². The van der Waals surface area contributed by atoms with E-state index < -0.39 is 0 Å². The fourth-order valence-corrected chi connectivity index (χ4v) is 4.23. The third-order valence-electron chi connectivity index (χ3n) is 6.21. The maximum atomic E-state index is 12.6. The monoisotopic (exact) mass is 468 g/mol. The molecule has 0 saturated carbocycles. The Labute approximate surface area is 207 Å². The molecule has 188 valence electrons. The fraction of sp³-hybridized carbons (Fsp3) is 0.567. The van der Waals surface area contributed by atoms with Crippen molar-refractivity contribution in [3.63, 3.8) is 0 Å². The van der Waals surface area contributed by atoms with Gasteiger partial charge in [0.05, 0.1) is 14.1 Å². The number of likely N-dealkylation sites (N-methyl/N-ethyl adjacent to an activating group) is 1. The number of nitrogens with zero attached hydrogens (tertiary/aromatic N) is 1. The van der Waals surface area contributed by atoms with E-state index in [1.54, 1.807) is 0 Å². The highest BCUT2D eigenvalue weighted by molar-refractivity contribution is 5.70. The van der Waals surface area contributed by atoms with Gasteiger partial charge in [0, 0.05) is 5.56 Å². The SMILES string of the molecule is CCCCCCCCCc1ccccc1OC(CC)COC(=O)C[N+](C)(C)Cc1ccccc1. The van der Waals surface area contributed by atoms with E-state index in [1.165, 1.54) is 56.1 Å². The van der Waals surface area contributed by atoms with E-state index in [1.807, 2.05) is 30.3 Å². The lowest BCUT2D eigenvalue weighted by Crippen LogP contribution is -2.44. The van der Waals surface area contributed by atoms with Gasteiger partial charge in [0.25, 0.3) is 0 Å². The number of carbonyl (C=O) groups excluding carboxylic acids is 1. The zero-order chi connectivity index (χ0) is 24.7. The summed E-state index contributed by atoms with van der Waals surface area (Å²) in [5, 5.41) is 0. The van der Waals surface area contributed by atoms with Crippen LogP contribution in [0.25, 0.3) is 0 Å². The number of esters is 1. The molecule has 2 aromatic rings. The van der Waals surface area contributed by atoms with Crippen molar-refractivity contribution >= 4 is 5.97 Å². The summed E-state index contributed by atoms with van der Waals surface area (Å²) in [5.41, 5.74) is 2.47. The Balaban J connectivity index is 1.78. The normalized spacial score (nSPS) is 12.4. The van der Waals surface area contributed by atoms with Gasteiger partial charge in [-0.25, -0.2) is 4.79 Å². The standard InChI is InChI=1S/C30H46NO3/c1-5-7-8-9-10-11-15-20-27-21-16-17-22-29(27)34-28(6-2)25-33-30(32)24-31(3,4)23-26-18-13-12-14-19-26/h12-14,16-19,21-22,28H,5-11,15,20,23-25H2,1-4H3/q+1. The van der Waals surface area contributed by atoms with Crippen LogP contribution in [0.4, 0.5) is 0 Å². The van der Waals surface area contributed by atoms with E-state index in [0.29, 0.717) is 11.0 Å². The van der Waals surface area contributed by atoms with Crippen LogP contribution in [0, 0.1) is 0 Å². The second kappa shape index (κ2) is 15.5. The van der Waals surface area contributed by atoms with Crippen LogP contribution in [0.2, 0.25) is 0 Å². The summed E-state index contributed by atoms with van der Waals surface area (Å²) in [6, 6.07) is 18.6. The Hall–Kier alpha value is -2.33. The van der Waals surface area contributed by atoms with Crippen molar-refractivity contribution in [1.82, 2.24) is 0 Å². The van der Waals surface area contributed by atoms with Gasteiger partial charge in [0.1, 0.15) is 25.0 Å². The minimum absolute atomic E-state index is 0.135. The van der Waals surface area contributed by atoms with Crippen molar-refractivity contribution in [2.24, 2.45) is 0 Å². The van der Waals surface area contributed by atoms with Gasteiger partial charge < -0.3 is 14.0 Å². The lowest BCUT2D eigenvalue weighted by molar-refractivity contribution is -0.896. The van der Waals surface area contributed by atoms with E-state index in [0.717, 1.165) is 25.1 Å². The van der Waals surface area contributed by atoms with Crippen molar-refractivity contribution in [3.8, 4) is 5.75 Å². The summed E-state index contributed by atoms with van der Waals surface area (Å²) < 4.78 is 12.5. The van der Waals surface area contributed by atoms with Crippen molar-refractivity contribution in [2.75, 3.05) is 27.2 Å². The van der Waals surface area contributed by atoms with Gasteiger partial charge in [-0.05, 0) is 30.9 Å². The minimum Gasteiger partial charge on any atom is -0.487 e. The van der Waals surface area contributed by atoms with E-state index in [9.17, 15) is 4.79 Å². The first-order valence-electron chi connectivity index (χ1n) is 13.2. The van der Waals surface area contributed by atoms with Crippen LogP contribution in [-0.2, 0) is 22.5 Å². The number of benzene rings is 2. The smallest absolute Gasteiger partial charge is 0.361 e. The van der Waals surface area contributed by atoms with Gasteiger partial charge in [0.15, 0.2) is 6.54 Å². The number of hydrogen-bond donors (Lipinski definition) is 0. The minimum atomic E-state index is -0.181. The van der Waals surface area contributed by atoms with Crippen LogP contribution in [0.1, 0.15) is 76.3 Å². The average Bonchev–Trinajstić information content (AvgIpc) is 2.82. The van der Waals surface area contributed by atoms with Crippen molar-refractivity contribution in [3.05, 3.63) is 65.7 Å². The molecule has 0 bridgehead atoms. The Morgan fingerprint density at radius 1 is 0.853 bits per heavy atom. The number of para-hydroxylation sites is 1. The van der Waals surface area contributed by atoms with Crippen molar-refractivity contribution < 1.29 is 18.8 Å². The average molecular weight is 469 g/mol. The highest BCUT2D eigenvalue weighted by atomic mass is 16.6. The fourth-order valence-electron chi connectivity index (χ4n) is 4.23. The first kappa shape index (κ1) is 27.9. The van der Waals surface area contributed by atoms with Gasteiger partial charge >= 0.3 is 5.97 Å². The second-order valence-electron chi connectivity index (χ2n) is 10.0. The van der Waals surface area contributed by atoms with Gasteiger partial charge in [-0.1, -0.05) is 101 Å². The Morgan fingerprint density at radius 2 is 1.50 bits per heavy atom. The summed E-state index contributed by atoms with van der Waals surface area (Å²) in [6.45, 7) is 5.74. The Bertz CT molecular complexity index is 819. The number of carbonyl (C=O) groups is 1. The number of ether oxygens (including phenoxy) is 2. The van der Waals surface area contributed by atoms with Crippen LogP contribution >= 0.6 is 0 Å². The molecule has 34 heavy (non-hydrogen) atoms. The summed E-state index contributed by atoms with van der Waals surface area (Å²) in [6.07, 6.45) is 10.8. The number of rotatable bonds is 17. The zero-order valence-electron chi connectivity index (χ0n) is 21.9. The molecule has 0 heterocycles. The van der Waals surface area contributed by atoms with Crippen LogP contribution in [-0.4, -0.2) is 43.8 Å². The van der Waals surface area contributed by atoms with Crippen molar-refractivity contribution in [2.45, 2.75) is 84.3 Å². The molecule has 2 rings (SSSR count). The lowest BCUT2D eigenvalue weighted by Gasteiger charge is -2.29. The molecule has 0 spiro atoms. The molecule has 2 aromatic carbocycles. The van der Waals surface area contributed by atoms with E-state index in [2.05, 4.69) is 52.2 Å². The summed E-state index contributed by atoms with van der Waals surface area (Å²) in [4.78, 5) is 12.6. The molecule has 0 N–H and O–H groups in total. The largest absolute Gasteiger partial charge is 0.487 e. The predicted octanol–water partition coefficient (Wildman–Crippen LogP) is 6.96. The van der Waals surface area contributed by atoms with E-state index in [4.69, 9.17) is 9.47 Å². The first-order valence-corrected chi connectivity index (χ1v) is 13.2. The second-order valence-corrected chi connectivity index (χ2v) is 10.0. The summed E-state index contributed by atoms with van der Waals surface area (Å²) >= 11 is 0. The lowest BCUT2D eigenvalue weighted by atomic mass is 10.0. The van der Waals surface area contributed by atoms with E-state index in [-0.39, 0.29) is 18.7 Å². The molecule has 4 heteroatoms. The molecule has 0 aliphatic heterocycles. The topological polar surface area (TPSA) is 35.5 Å². The number of unbranched alkanes of at least 4 members (excludes halogenated alkanes) is 6. The maximum absolute atomic E-state index is 12.6. The van der Waals surface area contributed by atoms with Crippen molar-refractivity contribution in [1.29, 1.82) is 0 Å². The van der Waals surface area contributed by atoms with Gasteiger partial charge in [-0.3, -0.25) is 0 Å². The Morgan fingerprint density at radius 3 is 2.21 bits per heavy atom. The molecular formula is C30H46NO3+. The third kappa shape index (κ3) is 11.2. The highest BCUT2D eigenvalue weighted by Crippen LogP contribution is 2.23. The van der Waals surface area contributed by atoms with Gasteiger partial charge in [-0.15, -0.1) is 0 Å². The third-order valence-corrected chi connectivity index (χ3v) is 6.21. The van der Waals surface area contributed by atoms with Gasteiger partial charge in [-0.2, -0.15) is 0 Å². The summed E-state index contributed by atoms with van der Waals surface area (Å²) in [7, 11) is 4.12. The molecule has 1 unspecified atom stereocenters. The quantitative estimate of drug-likeness (QED) is 0.143. The molecule has 0 fully saturated rings. The molecular weight excluding hydrogens is 422 g/mol. The van der Waals surface area contributed by atoms with Crippen LogP contribution in [0.3, 0.4) is 0 Å². The molecule has 0 amide bonds. The number of hydrogen-bond acceptors (Lipinski definition) is 3. The molecule has 0 saturated heterocycles. The maximum Gasteiger partial charge on any atom is 0.361 e. The molecule has 0 aliphatic carbocycles. The van der Waals surface area contributed by atoms with Crippen LogP contribution in [0.15, 0.2) is 54.6 Å². The first-order chi connectivity index (χ1) is 16.4. The molecule has 0 aliphatic rings. The predicted molar refractivity (Wildman–Crippen MR) is 141 cm³/mol. The molecule has 4 nitrogen and oxygen atoms in total. The highest BCUT2D eigenvalue weighted by Gasteiger charge is 2.23.